The van der Waals surface area contributed by atoms with Crippen LogP contribution >= 0.6 is 0 Å². The van der Waals surface area contributed by atoms with Gasteiger partial charge in [0.05, 0.1) is 19.1 Å². The molecule has 1 aliphatic heterocycles. The van der Waals surface area contributed by atoms with E-state index in [0.717, 1.165) is 0 Å². The second-order valence-electron chi connectivity index (χ2n) is 2.39. The van der Waals surface area contributed by atoms with E-state index >= 15 is 0 Å². The Morgan fingerprint density at radius 3 is 3.00 bits per heavy atom. The molecule has 4 heteroatoms. The number of hydrogen-bond donors (Lipinski definition) is 1. The molecular weight excluding hydrogens is 134 g/mol. The van der Waals surface area contributed by atoms with E-state index in [1.54, 1.807) is 6.92 Å². The fraction of sp³-hybridized carbons (Fsp3) is 0.833. The molecule has 1 fully saturated rings. The molecule has 1 saturated heterocycles. The van der Waals surface area contributed by atoms with Crippen molar-refractivity contribution in [2.24, 2.45) is 0 Å². The minimum absolute atomic E-state index is 0.0211. The van der Waals surface area contributed by atoms with Gasteiger partial charge in [0.25, 0.3) is 0 Å². The number of hydrogen-bond acceptors (Lipinski definition) is 4. The summed E-state index contributed by atoms with van der Waals surface area (Å²) in [6.45, 7) is 2.42. The molecular formula is C6H11NO3. The Morgan fingerprint density at radius 1 is 1.90 bits per heavy atom. The molecule has 0 aromatic carbocycles. The summed E-state index contributed by atoms with van der Waals surface area (Å²) < 4.78 is 0. The molecule has 0 bridgehead atoms. The lowest BCUT2D eigenvalue weighted by Crippen LogP contribution is -2.32. The molecule has 0 spiro atoms. The second-order valence-corrected chi connectivity index (χ2v) is 2.39. The third-order valence-electron chi connectivity index (χ3n) is 1.51. The van der Waals surface area contributed by atoms with Crippen LogP contribution in [0.3, 0.4) is 0 Å². The molecule has 10 heavy (non-hydrogen) atoms. The zero-order valence-electron chi connectivity index (χ0n) is 5.91. The van der Waals surface area contributed by atoms with Crippen LogP contribution in [-0.4, -0.2) is 35.3 Å². The molecule has 58 valence electrons. The topological polar surface area (TPSA) is 49.8 Å². The summed E-state index contributed by atoms with van der Waals surface area (Å²) in [6, 6.07) is -0.0774. The largest absolute Gasteiger partial charge is 0.395 e. The first-order chi connectivity index (χ1) is 4.74. The van der Waals surface area contributed by atoms with Gasteiger partial charge >= 0.3 is 5.97 Å². The average Bonchev–Trinajstić information content (AvgIpc) is 2.34. The summed E-state index contributed by atoms with van der Waals surface area (Å²) in [5.74, 6) is -0.208. The summed E-state index contributed by atoms with van der Waals surface area (Å²) in [5.41, 5.74) is 0. The molecule has 1 atom stereocenters. The average molecular weight is 145 g/mol. The molecule has 0 aliphatic carbocycles. The predicted molar refractivity (Wildman–Crippen MR) is 34.0 cm³/mol. The number of nitrogens with zero attached hydrogens (tertiary/aromatic N) is 1. The van der Waals surface area contributed by atoms with Crippen molar-refractivity contribution < 1.29 is 14.7 Å². The Balaban J connectivity index is 2.36. The van der Waals surface area contributed by atoms with Crippen molar-refractivity contribution in [1.29, 1.82) is 0 Å². The maximum Gasteiger partial charge on any atom is 0.326 e. The Kier molecular flexibility index (Phi) is 2.24. The van der Waals surface area contributed by atoms with E-state index < -0.39 is 0 Å². The monoisotopic (exact) mass is 145 g/mol. The minimum atomic E-state index is -0.208. The summed E-state index contributed by atoms with van der Waals surface area (Å²) in [4.78, 5) is 15.3. The van der Waals surface area contributed by atoms with Crippen LogP contribution < -0.4 is 0 Å². The van der Waals surface area contributed by atoms with Crippen LogP contribution in [-0.2, 0) is 9.63 Å². The van der Waals surface area contributed by atoms with E-state index in [4.69, 9.17) is 9.94 Å². The SMILES string of the molecule is CC(CO)N1CCC(=O)O1. The van der Waals surface area contributed by atoms with Gasteiger partial charge in [-0.3, -0.25) is 4.79 Å². The molecule has 1 unspecified atom stereocenters. The molecule has 4 nitrogen and oxygen atoms in total. The Morgan fingerprint density at radius 2 is 2.60 bits per heavy atom. The van der Waals surface area contributed by atoms with Gasteiger partial charge < -0.3 is 9.94 Å². The van der Waals surface area contributed by atoms with Crippen LogP contribution in [0.1, 0.15) is 13.3 Å². The van der Waals surface area contributed by atoms with Crippen molar-refractivity contribution >= 4 is 5.97 Å². The smallest absolute Gasteiger partial charge is 0.326 e. The number of carbonyl (C=O) groups excluding carboxylic acids is 1. The standard InChI is InChI=1S/C6H11NO3/c1-5(4-8)7-3-2-6(9)10-7/h5,8H,2-4H2,1H3. The third kappa shape index (κ3) is 1.46. The minimum Gasteiger partial charge on any atom is -0.395 e. The lowest BCUT2D eigenvalue weighted by Gasteiger charge is -2.18. The van der Waals surface area contributed by atoms with Crippen LogP contribution in [0.2, 0.25) is 0 Å². The summed E-state index contributed by atoms with van der Waals surface area (Å²) in [5, 5.41) is 10.2. The highest BCUT2D eigenvalue weighted by Crippen LogP contribution is 2.09. The van der Waals surface area contributed by atoms with Gasteiger partial charge in [0.1, 0.15) is 0 Å². The van der Waals surface area contributed by atoms with Gasteiger partial charge in [-0.25, -0.2) is 0 Å². The summed E-state index contributed by atoms with van der Waals surface area (Å²) >= 11 is 0. The van der Waals surface area contributed by atoms with E-state index in [1.807, 2.05) is 0 Å². The van der Waals surface area contributed by atoms with E-state index in [9.17, 15) is 4.79 Å². The number of aliphatic hydroxyl groups is 1. The van der Waals surface area contributed by atoms with Gasteiger partial charge in [0.15, 0.2) is 0 Å². The first-order valence-corrected chi connectivity index (χ1v) is 3.32. The fourth-order valence-electron chi connectivity index (χ4n) is 0.825. The van der Waals surface area contributed by atoms with Crippen LogP contribution in [0.25, 0.3) is 0 Å². The van der Waals surface area contributed by atoms with Crippen LogP contribution in [0, 0.1) is 0 Å². The molecule has 0 saturated carbocycles. The zero-order valence-corrected chi connectivity index (χ0v) is 5.91. The Bertz CT molecular complexity index is 137. The van der Waals surface area contributed by atoms with Crippen molar-refractivity contribution in [2.45, 2.75) is 19.4 Å². The van der Waals surface area contributed by atoms with Gasteiger partial charge in [-0.15, -0.1) is 5.06 Å². The molecule has 0 amide bonds. The molecule has 0 radical (unpaired) electrons. The van der Waals surface area contributed by atoms with Gasteiger partial charge in [-0.2, -0.15) is 0 Å². The van der Waals surface area contributed by atoms with E-state index in [-0.39, 0.29) is 18.6 Å². The lowest BCUT2D eigenvalue weighted by atomic mass is 10.3. The third-order valence-corrected chi connectivity index (χ3v) is 1.51. The molecule has 0 aromatic rings. The highest BCUT2D eigenvalue weighted by molar-refractivity contribution is 5.70. The number of aliphatic hydroxyl groups excluding tert-OH is 1. The maximum atomic E-state index is 10.5. The zero-order chi connectivity index (χ0) is 7.56. The van der Waals surface area contributed by atoms with Gasteiger partial charge in [-0.05, 0) is 6.92 Å². The van der Waals surface area contributed by atoms with Crippen molar-refractivity contribution in [1.82, 2.24) is 5.06 Å². The van der Waals surface area contributed by atoms with Crippen LogP contribution in [0.15, 0.2) is 0 Å². The van der Waals surface area contributed by atoms with Gasteiger partial charge in [-0.1, -0.05) is 0 Å². The van der Waals surface area contributed by atoms with Crippen LogP contribution in [0.4, 0.5) is 0 Å². The van der Waals surface area contributed by atoms with E-state index in [2.05, 4.69) is 0 Å². The van der Waals surface area contributed by atoms with Crippen molar-refractivity contribution in [3.63, 3.8) is 0 Å². The van der Waals surface area contributed by atoms with Crippen LogP contribution in [0.5, 0.6) is 0 Å². The van der Waals surface area contributed by atoms with Gasteiger partial charge in [0.2, 0.25) is 0 Å². The highest BCUT2D eigenvalue weighted by atomic mass is 16.7. The molecule has 1 N–H and O–H groups in total. The van der Waals surface area contributed by atoms with Crippen molar-refractivity contribution in [2.75, 3.05) is 13.2 Å². The Hall–Kier alpha value is -0.610. The van der Waals surface area contributed by atoms with E-state index in [0.29, 0.717) is 13.0 Å². The highest BCUT2D eigenvalue weighted by Gasteiger charge is 2.24. The number of hydroxylamine groups is 2. The molecule has 1 rings (SSSR count). The van der Waals surface area contributed by atoms with Gasteiger partial charge in [0, 0.05) is 6.54 Å². The van der Waals surface area contributed by atoms with E-state index in [1.165, 1.54) is 5.06 Å². The van der Waals surface area contributed by atoms with Crippen molar-refractivity contribution in [3.8, 4) is 0 Å². The molecule has 1 aliphatic rings. The fourth-order valence-corrected chi connectivity index (χ4v) is 0.825. The predicted octanol–water partition coefficient (Wildman–Crippen LogP) is -0.469. The second kappa shape index (κ2) is 2.98. The Labute approximate surface area is 59.3 Å². The van der Waals surface area contributed by atoms with Crippen molar-refractivity contribution in [3.05, 3.63) is 0 Å². The first-order valence-electron chi connectivity index (χ1n) is 3.32. The number of carbonyl (C=O) groups is 1. The maximum absolute atomic E-state index is 10.5. The molecule has 0 aromatic heterocycles. The normalized spacial score (nSPS) is 22.8. The lowest BCUT2D eigenvalue weighted by molar-refractivity contribution is -0.180. The number of rotatable bonds is 2. The quantitative estimate of drug-likeness (QED) is 0.570. The molecule has 1 heterocycles. The summed E-state index contributed by atoms with van der Waals surface area (Å²) in [7, 11) is 0. The first kappa shape index (κ1) is 7.50. The summed E-state index contributed by atoms with van der Waals surface area (Å²) in [6.07, 6.45) is 0.435.